The molecule has 150 valence electrons. The van der Waals surface area contributed by atoms with E-state index in [4.69, 9.17) is 33.7 Å². The number of nitrogens with two attached hydrogens (primary N) is 1. The van der Waals surface area contributed by atoms with Crippen molar-refractivity contribution in [1.29, 1.82) is 0 Å². The van der Waals surface area contributed by atoms with Gasteiger partial charge in [-0.3, -0.25) is 15.6 Å². The molecule has 3 rings (SSSR count). The van der Waals surface area contributed by atoms with Gasteiger partial charge in [-0.15, -0.1) is 0 Å². The molecule has 0 aliphatic rings. The fourth-order valence-corrected chi connectivity index (χ4v) is 2.89. The highest BCUT2D eigenvalue weighted by Gasteiger charge is 2.11. The van der Waals surface area contributed by atoms with Crippen LogP contribution in [0, 0.1) is 0 Å². The molecule has 0 atom stereocenters. The number of hydrazine groups is 1. The van der Waals surface area contributed by atoms with Gasteiger partial charge in [0.25, 0.3) is 5.91 Å². The van der Waals surface area contributed by atoms with Gasteiger partial charge >= 0.3 is 0 Å². The number of hydrogen-bond donors (Lipinski definition) is 4. The van der Waals surface area contributed by atoms with Crippen LogP contribution >= 0.6 is 39.1 Å². The summed E-state index contributed by atoms with van der Waals surface area (Å²) in [4.78, 5) is 20.2. The lowest BCUT2D eigenvalue weighted by atomic mass is 10.3. The second-order valence-corrected chi connectivity index (χ2v) is 7.41. The minimum atomic E-state index is -0.462. The monoisotopic (exact) mass is 496 g/mol. The average molecular weight is 498 g/mol. The maximum Gasteiger partial charge on any atom is 0.276 e. The number of ether oxygens (including phenoxy) is 1. The number of carbonyl (C=O) groups excluding carboxylic acids is 1. The lowest BCUT2D eigenvalue weighted by Gasteiger charge is -2.13. The molecule has 0 unspecified atom stereocenters. The van der Waals surface area contributed by atoms with E-state index in [0.717, 1.165) is 10.2 Å². The molecule has 2 aromatic carbocycles. The molecule has 1 heterocycles. The van der Waals surface area contributed by atoms with Crippen molar-refractivity contribution in [2.75, 3.05) is 23.1 Å². The number of nitrogens with zero attached hydrogens (tertiary/aromatic N) is 2. The van der Waals surface area contributed by atoms with Crippen LogP contribution in [0.1, 0.15) is 0 Å². The van der Waals surface area contributed by atoms with Crippen LogP contribution in [-0.2, 0) is 4.79 Å². The zero-order valence-corrected chi connectivity index (χ0v) is 17.8. The number of rotatable bonds is 7. The van der Waals surface area contributed by atoms with Crippen LogP contribution in [0.2, 0.25) is 10.0 Å². The molecule has 5 N–H and O–H groups in total. The van der Waals surface area contributed by atoms with E-state index in [1.807, 2.05) is 24.3 Å². The fraction of sp³-hybridized carbons (Fsp3) is 0.0556. The molecule has 1 aromatic heterocycles. The lowest BCUT2D eigenvalue weighted by molar-refractivity contribution is -0.122. The number of benzene rings is 2. The van der Waals surface area contributed by atoms with Crippen molar-refractivity contribution in [3.63, 3.8) is 0 Å². The summed E-state index contributed by atoms with van der Waals surface area (Å²) in [7, 11) is 0. The summed E-state index contributed by atoms with van der Waals surface area (Å²) in [6, 6.07) is 12.2. The van der Waals surface area contributed by atoms with Crippen LogP contribution in [0.4, 0.5) is 23.0 Å². The van der Waals surface area contributed by atoms with Gasteiger partial charge in [-0.25, -0.2) is 9.97 Å². The van der Waals surface area contributed by atoms with Crippen LogP contribution in [-0.4, -0.2) is 22.5 Å². The Morgan fingerprint density at radius 2 is 1.83 bits per heavy atom. The number of nitrogen functional groups attached to an aromatic ring is 1. The van der Waals surface area contributed by atoms with Crippen molar-refractivity contribution in [2.45, 2.75) is 0 Å². The highest BCUT2D eigenvalue weighted by Crippen LogP contribution is 2.28. The SMILES string of the molecule is Nc1c(NNC(=O)COc2ccc(Cl)cc2Cl)ncnc1Nc1ccc(Br)cc1. The smallest absolute Gasteiger partial charge is 0.276 e. The predicted octanol–water partition coefficient (Wildman–Crippen LogP) is 4.39. The Hall–Kier alpha value is -2.75. The third kappa shape index (κ3) is 5.86. The van der Waals surface area contributed by atoms with Crippen molar-refractivity contribution in [2.24, 2.45) is 0 Å². The zero-order chi connectivity index (χ0) is 20.8. The van der Waals surface area contributed by atoms with Crippen LogP contribution in [0.15, 0.2) is 53.3 Å². The van der Waals surface area contributed by atoms with Gasteiger partial charge in [0.15, 0.2) is 18.2 Å². The zero-order valence-electron chi connectivity index (χ0n) is 14.7. The van der Waals surface area contributed by atoms with Crippen molar-refractivity contribution >= 4 is 68.0 Å². The van der Waals surface area contributed by atoms with E-state index in [-0.39, 0.29) is 18.1 Å². The van der Waals surface area contributed by atoms with Gasteiger partial charge in [-0.05, 0) is 42.5 Å². The van der Waals surface area contributed by atoms with Crippen LogP contribution in [0.25, 0.3) is 0 Å². The van der Waals surface area contributed by atoms with Gasteiger partial charge in [-0.2, -0.15) is 0 Å². The van der Waals surface area contributed by atoms with Gasteiger partial charge in [0.05, 0.1) is 5.02 Å². The first-order chi connectivity index (χ1) is 13.9. The molecule has 1 amide bonds. The quantitative estimate of drug-likeness (QED) is 0.358. The molecule has 29 heavy (non-hydrogen) atoms. The molecule has 0 saturated heterocycles. The van der Waals surface area contributed by atoms with Crippen LogP contribution in [0.3, 0.4) is 0 Å². The van der Waals surface area contributed by atoms with E-state index in [1.54, 1.807) is 12.1 Å². The standard InChI is InChI=1S/C18H15BrCl2N6O2/c19-10-1-4-12(5-2-10)25-17-16(22)18(24-9-23-17)27-26-15(28)8-29-14-6-3-11(20)7-13(14)21/h1-7,9H,8,22H2,(H,26,28)(H2,23,24,25,27). The van der Waals surface area contributed by atoms with Crippen molar-refractivity contribution in [3.8, 4) is 5.75 Å². The number of carbonyl (C=O) groups is 1. The van der Waals surface area contributed by atoms with Crippen molar-refractivity contribution < 1.29 is 9.53 Å². The Kier molecular flexibility index (Phi) is 6.97. The third-order valence-corrected chi connectivity index (χ3v) is 4.62. The lowest BCUT2D eigenvalue weighted by Crippen LogP contribution is -2.34. The number of hydrogen-bond acceptors (Lipinski definition) is 7. The van der Waals surface area contributed by atoms with Crippen LogP contribution in [0.5, 0.6) is 5.75 Å². The van der Waals surface area contributed by atoms with E-state index in [0.29, 0.717) is 21.6 Å². The summed E-state index contributed by atoms with van der Waals surface area (Å²) in [5.41, 5.74) is 12.2. The summed E-state index contributed by atoms with van der Waals surface area (Å²) < 4.78 is 6.31. The van der Waals surface area contributed by atoms with Crippen LogP contribution < -0.4 is 26.6 Å². The van der Waals surface area contributed by atoms with Crippen molar-refractivity contribution in [3.05, 3.63) is 63.3 Å². The molecule has 0 radical (unpaired) electrons. The second-order valence-electron chi connectivity index (χ2n) is 5.65. The largest absolute Gasteiger partial charge is 0.482 e. The van der Waals surface area contributed by atoms with E-state index in [1.165, 1.54) is 12.4 Å². The Labute approximate surface area is 184 Å². The Morgan fingerprint density at radius 3 is 2.55 bits per heavy atom. The molecule has 3 aromatic rings. The molecule has 0 spiro atoms. The highest BCUT2D eigenvalue weighted by molar-refractivity contribution is 9.10. The van der Waals surface area contributed by atoms with Gasteiger partial charge in [0.2, 0.25) is 0 Å². The maximum atomic E-state index is 12.0. The molecule has 0 aliphatic heterocycles. The molecule has 8 nitrogen and oxygen atoms in total. The molecule has 0 saturated carbocycles. The Bertz CT molecular complexity index is 1020. The van der Waals surface area contributed by atoms with E-state index >= 15 is 0 Å². The number of aromatic nitrogens is 2. The average Bonchev–Trinajstić information content (AvgIpc) is 2.69. The molecule has 0 fully saturated rings. The number of amides is 1. The molecular weight excluding hydrogens is 483 g/mol. The molecule has 0 aliphatic carbocycles. The summed E-state index contributed by atoms with van der Waals surface area (Å²) in [6.45, 7) is -0.274. The highest BCUT2D eigenvalue weighted by atomic mass is 79.9. The molecular formula is C18H15BrCl2N6O2. The van der Waals surface area contributed by atoms with E-state index < -0.39 is 5.91 Å². The summed E-state index contributed by atoms with van der Waals surface area (Å²) in [5.74, 6) is 0.506. The van der Waals surface area contributed by atoms with E-state index in [2.05, 4.69) is 42.1 Å². The Balaban J connectivity index is 1.57. The predicted molar refractivity (Wildman–Crippen MR) is 118 cm³/mol. The Morgan fingerprint density at radius 1 is 1.10 bits per heavy atom. The normalized spacial score (nSPS) is 10.3. The summed E-state index contributed by atoms with van der Waals surface area (Å²) in [6.07, 6.45) is 1.32. The summed E-state index contributed by atoms with van der Waals surface area (Å²) >= 11 is 15.2. The first-order valence-corrected chi connectivity index (χ1v) is 9.73. The first kappa shape index (κ1) is 21.0. The third-order valence-electron chi connectivity index (χ3n) is 3.56. The van der Waals surface area contributed by atoms with Gasteiger partial charge < -0.3 is 15.8 Å². The molecule has 11 heteroatoms. The maximum absolute atomic E-state index is 12.0. The molecule has 0 bridgehead atoms. The van der Waals surface area contributed by atoms with Gasteiger partial charge in [0.1, 0.15) is 17.8 Å². The number of anilines is 4. The topological polar surface area (TPSA) is 114 Å². The minimum Gasteiger partial charge on any atom is -0.482 e. The minimum absolute atomic E-state index is 0.234. The van der Waals surface area contributed by atoms with Crippen molar-refractivity contribution in [1.82, 2.24) is 15.4 Å². The van der Waals surface area contributed by atoms with Gasteiger partial charge in [0, 0.05) is 15.2 Å². The first-order valence-electron chi connectivity index (χ1n) is 8.18. The van der Waals surface area contributed by atoms with E-state index in [9.17, 15) is 4.79 Å². The summed E-state index contributed by atoms with van der Waals surface area (Å²) in [5, 5.41) is 3.86. The number of nitrogens with one attached hydrogen (secondary N) is 3. The number of halogens is 3. The van der Waals surface area contributed by atoms with Gasteiger partial charge in [-0.1, -0.05) is 39.1 Å². The fourth-order valence-electron chi connectivity index (χ4n) is 2.17. The second kappa shape index (κ2) is 9.64.